The normalized spacial score (nSPS) is 36.7. The molecule has 0 aromatic heterocycles. The van der Waals surface area contributed by atoms with Gasteiger partial charge >= 0.3 is 0 Å². The second kappa shape index (κ2) is 2.36. The van der Waals surface area contributed by atoms with E-state index in [4.69, 9.17) is 0 Å². The Hall–Kier alpha value is -0.790. The molecule has 2 nitrogen and oxygen atoms in total. The van der Waals surface area contributed by atoms with Crippen LogP contribution in [0.2, 0.25) is 0 Å². The molecule has 1 N–H and O–H groups in total. The van der Waals surface area contributed by atoms with E-state index in [9.17, 15) is 4.79 Å². The van der Waals surface area contributed by atoms with Crippen LogP contribution in [-0.2, 0) is 4.79 Å². The fourth-order valence-corrected chi connectivity index (χ4v) is 2.14. The maximum Gasteiger partial charge on any atom is 0.220 e. The van der Waals surface area contributed by atoms with Gasteiger partial charge in [0.25, 0.3) is 0 Å². The second-order valence-corrected chi connectivity index (χ2v) is 3.54. The number of carbonyl (C=O) groups excluding carboxylic acids is 1. The van der Waals surface area contributed by atoms with E-state index in [-0.39, 0.29) is 5.91 Å². The minimum atomic E-state index is 0.211. The van der Waals surface area contributed by atoms with Crippen LogP contribution in [0.25, 0.3) is 0 Å². The number of hydrogen-bond acceptors (Lipinski definition) is 1. The molecular weight excluding hydrogens is 138 g/mol. The average Bonchev–Trinajstić information content (AvgIpc) is 2.31. The summed E-state index contributed by atoms with van der Waals surface area (Å²) >= 11 is 0. The molecule has 11 heavy (non-hydrogen) atoms. The van der Waals surface area contributed by atoms with Crippen molar-refractivity contribution in [1.82, 2.24) is 5.32 Å². The van der Waals surface area contributed by atoms with Gasteiger partial charge in [-0.25, -0.2) is 0 Å². The molecule has 1 amide bonds. The molecular formula is C9H13NO. The number of nitrogens with one attached hydrogen (secondary N) is 1. The van der Waals surface area contributed by atoms with Gasteiger partial charge < -0.3 is 5.32 Å². The van der Waals surface area contributed by atoms with Crippen molar-refractivity contribution < 1.29 is 4.79 Å². The molecule has 1 aliphatic carbocycles. The molecule has 2 rings (SSSR count). The van der Waals surface area contributed by atoms with Gasteiger partial charge in [-0.2, -0.15) is 0 Å². The highest BCUT2D eigenvalue weighted by atomic mass is 16.2. The summed E-state index contributed by atoms with van der Waals surface area (Å²) in [6.45, 7) is 4.00. The topological polar surface area (TPSA) is 29.1 Å². The molecule has 0 spiro atoms. The molecule has 0 aromatic carbocycles. The van der Waals surface area contributed by atoms with Gasteiger partial charge in [-0.3, -0.25) is 4.79 Å². The van der Waals surface area contributed by atoms with Crippen molar-refractivity contribution in [3.05, 3.63) is 12.2 Å². The molecule has 2 fully saturated rings. The smallest absolute Gasteiger partial charge is 0.220 e. The molecule has 2 atom stereocenters. The van der Waals surface area contributed by atoms with E-state index in [0.29, 0.717) is 18.4 Å². The van der Waals surface area contributed by atoms with Crippen molar-refractivity contribution in [2.24, 2.45) is 5.92 Å². The maximum absolute atomic E-state index is 11.0. The Bertz CT molecular complexity index is 210. The van der Waals surface area contributed by atoms with E-state index in [1.54, 1.807) is 0 Å². The largest absolute Gasteiger partial charge is 0.353 e. The Morgan fingerprint density at radius 2 is 2.36 bits per heavy atom. The first-order valence-electron chi connectivity index (χ1n) is 4.24. The van der Waals surface area contributed by atoms with Crippen LogP contribution >= 0.6 is 0 Å². The molecule has 1 saturated carbocycles. The number of rotatable bonds is 0. The van der Waals surface area contributed by atoms with Crippen LogP contribution in [0.4, 0.5) is 0 Å². The van der Waals surface area contributed by atoms with Crippen molar-refractivity contribution in [3.8, 4) is 0 Å². The van der Waals surface area contributed by atoms with Crippen LogP contribution in [0.3, 0.4) is 0 Å². The van der Waals surface area contributed by atoms with Crippen LogP contribution in [0.1, 0.15) is 25.7 Å². The number of fused-ring (bicyclic) bond motifs is 1. The highest BCUT2D eigenvalue weighted by molar-refractivity contribution is 5.79. The summed E-state index contributed by atoms with van der Waals surface area (Å²) in [5.41, 5.74) is 1.28. The number of hydrogen-bond donors (Lipinski definition) is 1. The summed E-state index contributed by atoms with van der Waals surface area (Å²) in [5, 5.41) is 2.99. The van der Waals surface area contributed by atoms with Gasteiger partial charge in [0, 0.05) is 18.4 Å². The van der Waals surface area contributed by atoms with Crippen LogP contribution in [0.5, 0.6) is 0 Å². The van der Waals surface area contributed by atoms with Gasteiger partial charge in [0.1, 0.15) is 0 Å². The predicted octanol–water partition coefficient (Wildman–Crippen LogP) is 1.23. The molecule has 2 unspecified atom stereocenters. The lowest BCUT2D eigenvalue weighted by Crippen LogP contribution is -2.31. The van der Waals surface area contributed by atoms with Gasteiger partial charge in [0.05, 0.1) is 0 Å². The highest BCUT2D eigenvalue weighted by Crippen LogP contribution is 2.34. The summed E-state index contributed by atoms with van der Waals surface area (Å²) in [4.78, 5) is 11.0. The van der Waals surface area contributed by atoms with E-state index in [0.717, 1.165) is 12.8 Å². The Balaban J connectivity index is 2.15. The zero-order valence-corrected chi connectivity index (χ0v) is 6.60. The molecule has 1 aliphatic heterocycles. The predicted molar refractivity (Wildman–Crippen MR) is 43.0 cm³/mol. The van der Waals surface area contributed by atoms with Crippen molar-refractivity contribution in [3.63, 3.8) is 0 Å². The third-order valence-corrected chi connectivity index (χ3v) is 2.77. The van der Waals surface area contributed by atoms with Gasteiger partial charge in [-0.1, -0.05) is 12.2 Å². The summed E-state index contributed by atoms with van der Waals surface area (Å²) in [6.07, 6.45) is 4.15. The summed E-state index contributed by atoms with van der Waals surface area (Å²) in [5.74, 6) is 0.666. The molecule has 2 heteroatoms. The third kappa shape index (κ3) is 1.06. The first-order chi connectivity index (χ1) is 5.27. The average molecular weight is 151 g/mol. The first kappa shape index (κ1) is 6.89. The van der Waals surface area contributed by atoms with Crippen molar-refractivity contribution >= 4 is 5.91 Å². The molecule has 0 bridgehead atoms. The van der Waals surface area contributed by atoms with E-state index >= 15 is 0 Å². The Kier molecular flexibility index (Phi) is 1.48. The molecule has 1 heterocycles. The van der Waals surface area contributed by atoms with Crippen LogP contribution in [0.15, 0.2) is 12.2 Å². The van der Waals surface area contributed by atoms with Gasteiger partial charge in [0.15, 0.2) is 0 Å². The lowest BCUT2D eigenvalue weighted by molar-refractivity contribution is -0.119. The fraction of sp³-hybridized carbons (Fsp3) is 0.667. The van der Waals surface area contributed by atoms with Crippen LogP contribution in [-0.4, -0.2) is 11.9 Å². The summed E-state index contributed by atoms with van der Waals surface area (Å²) in [6, 6.07) is 0.420. The lowest BCUT2D eigenvalue weighted by Gasteiger charge is -2.26. The van der Waals surface area contributed by atoms with E-state index in [1.807, 2.05) is 0 Å². The number of amides is 1. The van der Waals surface area contributed by atoms with E-state index in [2.05, 4.69) is 11.9 Å². The van der Waals surface area contributed by atoms with E-state index < -0.39 is 0 Å². The van der Waals surface area contributed by atoms with Gasteiger partial charge in [-0.05, 0) is 19.3 Å². The zero-order valence-electron chi connectivity index (χ0n) is 6.60. The molecule has 60 valence electrons. The molecule has 1 saturated heterocycles. The lowest BCUT2D eigenvalue weighted by atomic mass is 9.82. The quantitative estimate of drug-likeness (QED) is 0.518. The Morgan fingerprint density at radius 3 is 3.09 bits per heavy atom. The first-order valence-corrected chi connectivity index (χ1v) is 4.24. The fourth-order valence-electron chi connectivity index (χ4n) is 2.14. The zero-order chi connectivity index (χ0) is 7.84. The van der Waals surface area contributed by atoms with Gasteiger partial charge in [0.2, 0.25) is 5.91 Å². The standard InChI is InChI=1S/C9H13NO/c1-6-3-2-4-8-7(6)5-9(11)10-8/h7-8H,1-5H2,(H,10,11). The number of carbonyl (C=O) groups is 1. The molecule has 0 aromatic rings. The summed E-state index contributed by atoms with van der Waals surface area (Å²) < 4.78 is 0. The molecule has 2 aliphatic rings. The van der Waals surface area contributed by atoms with Crippen molar-refractivity contribution in [2.75, 3.05) is 0 Å². The Labute approximate surface area is 66.7 Å². The minimum Gasteiger partial charge on any atom is -0.353 e. The van der Waals surface area contributed by atoms with Gasteiger partial charge in [-0.15, -0.1) is 0 Å². The second-order valence-electron chi connectivity index (χ2n) is 3.54. The maximum atomic E-state index is 11.0. The monoisotopic (exact) mass is 151 g/mol. The van der Waals surface area contributed by atoms with Crippen LogP contribution in [0, 0.1) is 5.92 Å². The summed E-state index contributed by atoms with van der Waals surface area (Å²) in [7, 11) is 0. The SMILES string of the molecule is C=C1CCCC2NC(=O)CC12. The van der Waals surface area contributed by atoms with Crippen LogP contribution < -0.4 is 5.32 Å². The minimum absolute atomic E-state index is 0.211. The molecule has 0 radical (unpaired) electrons. The highest BCUT2D eigenvalue weighted by Gasteiger charge is 2.35. The van der Waals surface area contributed by atoms with Crippen molar-refractivity contribution in [2.45, 2.75) is 31.7 Å². The Morgan fingerprint density at radius 1 is 1.55 bits per heavy atom. The van der Waals surface area contributed by atoms with E-state index in [1.165, 1.54) is 12.0 Å². The van der Waals surface area contributed by atoms with Crippen molar-refractivity contribution in [1.29, 1.82) is 0 Å². The third-order valence-electron chi connectivity index (χ3n) is 2.77.